The van der Waals surface area contributed by atoms with E-state index in [0.29, 0.717) is 16.7 Å². The molecule has 17 heavy (non-hydrogen) atoms. The lowest BCUT2D eigenvalue weighted by Gasteiger charge is -2.03. The SMILES string of the molecule is Fc1nc2ccccc2nc1-c1ccccc1. The quantitative estimate of drug-likeness (QED) is 0.632. The number of hydrogen-bond acceptors (Lipinski definition) is 2. The van der Waals surface area contributed by atoms with Gasteiger partial charge in [-0.25, -0.2) is 9.97 Å². The van der Waals surface area contributed by atoms with Crippen molar-refractivity contribution in [3.05, 3.63) is 60.5 Å². The van der Waals surface area contributed by atoms with Gasteiger partial charge in [-0.2, -0.15) is 4.39 Å². The molecular formula is C14H9FN2. The van der Waals surface area contributed by atoms with Crippen LogP contribution in [-0.2, 0) is 0 Å². The number of fused-ring (bicyclic) bond motifs is 1. The van der Waals surface area contributed by atoms with Crippen LogP contribution in [0.25, 0.3) is 22.3 Å². The third-order valence-corrected chi connectivity index (χ3v) is 2.58. The van der Waals surface area contributed by atoms with E-state index in [4.69, 9.17) is 0 Å². The lowest BCUT2D eigenvalue weighted by atomic mass is 10.1. The molecule has 0 radical (unpaired) electrons. The first-order valence-electron chi connectivity index (χ1n) is 5.32. The number of hydrogen-bond donors (Lipinski definition) is 0. The number of rotatable bonds is 1. The Morgan fingerprint density at radius 2 is 1.29 bits per heavy atom. The monoisotopic (exact) mass is 224 g/mol. The van der Waals surface area contributed by atoms with E-state index in [1.54, 1.807) is 6.07 Å². The fraction of sp³-hybridized carbons (Fsp3) is 0. The summed E-state index contributed by atoms with van der Waals surface area (Å²) in [5, 5.41) is 0. The molecule has 0 fully saturated rings. The van der Waals surface area contributed by atoms with Crippen LogP contribution in [0.4, 0.5) is 4.39 Å². The molecule has 0 aliphatic heterocycles. The van der Waals surface area contributed by atoms with Gasteiger partial charge < -0.3 is 0 Å². The van der Waals surface area contributed by atoms with E-state index < -0.39 is 5.95 Å². The Hall–Kier alpha value is -2.29. The van der Waals surface area contributed by atoms with E-state index in [0.717, 1.165) is 5.56 Å². The molecule has 0 atom stereocenters. The molecule has 0 spiro atoms. The fourth-order valence-electron chi connectivity index (χ4n) is 1.76. The second-order valence-corrected chi connectivity index (χ2v) is 3.72. The second kappa shape index (κ2) is 3.94. The molecule has 0 saturated heterocycles. The smallest absolute Gasteiger partial charge is 0.240 e. The number of nitrogens with zero attached hydrogens (tertiary/aromatic N) is 2. The first-order valence-corrected chi connectivity index (χ1v) is 5.32. The van der Waals surface area contributed by atoms with Gasteiger partial charge in [0.15, 0.2) is 0 Å². The average molecular weight is 224 g/mol. The van der Waals surface area contributed by atoms with E-state index in [1.165, 1.54) is 0 Å². The Balaban J connectivity index is 2.27. The highest BCUT2D eigenvalue weighted by Gasteiger charge is 2.09. The maximum Gasteiger partial charge on any atom is 0.240 e. The molecule has 0 bridgehead atoms. The van der Waals surface area contributed by atoms with Crippen molar-refractivity contribution in [2.45, 2.75) is 0 Å². The van der Waals surface area contributed by atoms with Crippen LogP contribution in [0.15, 0.2) is 54.6 Å². The lowest BCUT2D eigenvalue weighted by molar-refractivity contribution is 0.587. The van der Waals surface area contributed by atoms with Gasteiger partial charge >= 0.3 is 0 Å². The maximum atomic E-state index is 13.8. The first kappa shape index (κ1) is 9.90. The second-order valence-electron chi connectivity index (χ2n) is 3.72. The van der Waals surface area contributed by atoms with Gasteiger partial charge in [0.25, 0.3) is 0 Å². The van der Waals surface area contributed by atoms with Gasteiger partial charge in [0.2, 0.25) is 5.95 Å². The predicted octanol–water partition coefficient (Wildman–Crippen LogP) is 3.44. The molecule has 0 aliphatic rings. The summed E-state index contributed by atoms with van der Waals surface area (Å²) in [6.07, 6.45) is 0. The highest BCUT2D eigenvalue weighted by Crippen LogP contribution is 2.21. The van der Waals surface area contributed by atoms with Gasteiger partial charge in [0.05, 0.1) is 11.0 Å². The maximum absolute atomic E-state index is 13.8. The minimum Gasteiger partial charge on any atom is -0.241 e. The number of halogens is 1. The molecule has 0 aliphatic carbocycles. The average Bonchev–Trinajstić information content (AvgIpc) is 2.39. The molecule has 1 heterocycles. The Morgan fingerprint density at radius 1 is 0.706 bits per heavy atom. The zero-order valence-corrected chi connectivity index (χ0v) is 8.97. The topological polar surface area (TPSA) is 25.8 Å². The Morgan fingerprint density at radius 3 is 2.00 bits per heavy atom. The molecule has 2 nitrogen and oxygen atoms in total. The minimum atomic E-state index is -0.532. The number of para-hydroxylation sites is 2. The third kappa shape index (κ3) is 1.76. The molecule has 82 valence electrons. The van der Waals surface area contributed by atoms with E-state index in [-0.39, 0.29) is 0 Å². The normalized spacial score (nSPS) is 10.6. The van der Waals surface area contributed by atoms with Crippen molar-refractivity contribution < 1.29 is 4.39 Å². The Bertz CT molecular complexity index is 665. The summed E-state index contributed by atoms with van der Waals surface area (Å²) in [5.41, 5.74) is 2.31. The zero-order chi connectivity index (χ0) is 11.7. The van der Waals surface area contributed by atoms with Crippen molar-refractivity contribution in [3.8, 4) is 11.3 Å². The predicted molar refractivity (Wildman–Crippen MR) is 64.9 cm³/mol. The molecule has 0 amide bonds. The highest BCUT2D eigenvalue weighted by molar-refractivity contribution is 5.77. The van der Waals surface area contributed by atoms with Crippen molar-refractivity contribution >= 4 is 11.0 Å². The van der Waals surface area contributed by atoms with Gasteiger partial charge in [0.1, 0.15) is 5.69 Å². The van der Waals surface area contributed by atoms with E-state index in [1.807, 2.05) is 48.5 Å². The van der Waals surface area contributed by atoms with Gasteiger partial charge in [0, 0.05) is 5.56 Å². The summed E-state index contributed by atoms with van der Waals surface area (Å²) >= 11 is 0. The van der Waals surface area contributed by atoms with Crippen LogP contribution in [0.1, 0.15) is 0 Å². The first-order chi connectivity index (χ1) is 8.34. The summed E-state index contributed by atoms with van der Waals surface area (Å²) < 4.78 is 13.8. The van der Waals surface area contributed by atoms with Crippen LogP contribution in [-0.4, -0.2) is 9.97 Å². The lowest BCUT2D eigenvalue weighted by Crippen LogP contribution is -1.94. The Kier molecular flexibility index (Phi) is 2.29. The molecule has 0 N–H and O–H groups in total. The number of benzene rings is 2. The van der Waals surface area contributed by atoms with Crippen molar-refractivity contribution in [3.63, 3.8) is 0 Å². The molecule has 0 unspecified atom stereocenters. The van der Waals surface area contributed by atoms with Crippen LogP contribution in [0.3, 0.4) is 0 Å². The largest absolute Gasteiger partial charge is 0.241 e. The zero-order valence-electron chi connectivity index (χ0n) is 8.97. The van der Waals surface area contributed by atoms with E-state index in [2.05, 4.69) is 9.97 Å². The van der Waals surface area contributed by atoms with Gasteiger partial charge in [-0.05, 0) is 12.1 Å². The van der Waals surface area contributed by atoms with Crippen LogP contribution in [0.5, 0.6) is 0 Å². The summed E-state index contributed by atoms with van der Waals surface area (Å²) in [6, 6.07) is 16.5. The van der Waals surface area contributed by atoms with E-state index >= 15 is 0 Å². The van der Waals surface area contributed by atoms with Gasteiger partial charge in [-0.1, -0.05) is 42.5 Å². The summed E-state index contributed by atoms with van der Waals surface area (Å²) in [6.45, 7) is 0. The van der Waals surface area contributed by atoms with Crippen molar-refractivity contribution in [2.24, 2.45) is 0 Å². The summed E-state index contributed by atoms with van der Waals surface area (Å²) in [5.74, 6) is -0.532. The fourth-order valence-corrected chi connectivity index (χ4v) is 1.76. The third-order valence-electron chi connectivity index (χ3n) is 2.58. The number of aromatic nitrogens is 2. The van der Waals surface area contributed by atoms with Crippen LogP contribution in [0.2, 0.25) is 0 Å². The van der Waals surface area contributed by atoms with Crippen LogP contribution < -0.4 is 0 Å². The minimum absolute atomic E-state index is 0.296. The molecule has 1 aromatic heterocycles. The molecular weight excluding hydrogens is 215 g/mol. The van der Waals surface area contributed by atoms with Gasteiger partial charge in [-0.15, -0.1) is 0 Å². The summed E-state index contributed by atoms with van der Waals surface area (Å²) in [7, 11) is 0. The molecule has 0 saturated carbocycles. The molecule has 3 aromatic rings. The van der Waals surface area contributed by atoms with Crippen molar-refractivity contribution in [1.29, 1.82) is 0 Å². The standard InChI is InChI=1S/C14H9FN2/c15-14-13(10-6-2-1-3-7-10)16-11-8-4-5-9-12(11)17-14/h1-9H. The van der Waals surface area contributed by atoms with Crippen LogP contribution in [0, 0.1) is 5.95 Å². The van der Waals surface area contributed by atoms with E-state index in [9.17, 15) is 4.39 Å². The van der Waals surface area contributed by atoms with Crippen molar-refractivity contribution in [2.75, 3.05) is 0 Å². The van der Waals surface area contributed by atoms with Crippen molar-refractivity contribution in [1.82, 2.24) is 9.97 Å². The molecule has 3 rings (SSSR count). The summed E-state index contributed by atoms with van der Waals surface area (Å²) in [4.78, 5) is 8.23. The molecule has 3 heteroatoms. The van der Waals surface area contributed by atoms with Crippen LogP contribution >= 0.6 is 0 Å². The Labute approximate surface area is 97.8 Å². The van der Waals surface area contributed by atoms with Gasteiger partial charge in [-0.3, -0.25) is 0 Å². The highest BCUT2D eigenvalue weighted by atomic mass is 19.1. The molecule has 2 aromatic carbocycles.